The van der Waals surface area contributed by atoms with Gasteiger partial charge in [0.1, 0.15) is 5.82 Å². The number of anilines is 2. The molecule has 35 heavy (non-hydrogen) atoms. The summed E-state index contributed by atoms with van der Waals surface area (Å²) >= 11 is 0. The van der Waals surface area contributed by atoms with Crippen molar-refractivity contribution in [3.05, 3.63) is 42.2 Å². The molecule has 5 N–H and O–H groups in total. The Labute approximate surface area is 206 Å². The van der Waals surface area contributed by atoms with Crippen molar-refractivity contribution in [3.63, 3.8) is 0 Å². The molecule has 0 aliphatic carbocycles. The highest BCUT2D eigenvalue weighted by atomic mass is 32.2. The van der Waals surface area contributed by atoms with E-state index in [1.54, 1.807) is 30.5 Å². The molecule has 0 aromatic carbocycles. The molecule has 0 amide bonds. The maximum atomic E-state index is 13.0. The monoisotopic (exact) mass is 504 g/mol. The molecule has 3 rings (SSSR count). The summed E-state index contributed by atoms with van der Waals surface area (Å²) in [6, 6.07) is 6.79. The molecule has 0 bridgehead atoms. The van der Waals surface area contributed by atoms with Crippen LogP contribution in [-0.4, -0.2) is 56.3 Å². The summed E-state index contributed by atoms with van der Waals surface area (Å²) in [5.74, 6) is 1.15. The first kappa shape index (κ1) is 26.3. The number of hydrogen-bond acceptors (Lipinski definition) is 7. The number of aromatic amines is 1. The van der Waals surface area contributed by atoms with Crippen molar-refractivity contribution < 1.29 is 18.1 Å². The fourth-order valence-corrected chi connectivity index (χ4v) is 5.11. The van der Waals surface area contributed by atoms with Gasteiger partial charge >= 0.3 is 16.1 Å². The van der Waals surface area contributed by atoms with E-state index in [0.29, 0.717) is 62.2 Å². The van der Waals surface area contributed by atoms with Crippen molar-refractivity contribution in [1.29, 1.82) is 0 Å². The topological polar surface area (TPSA) is 166 Å². The average molecular weight is 505 g/mol. The zero-order valence-electron chi connectivity index (χ0n) is 20.4. The third-order valence-electron chi connectivity index (χ3n) is 5.72. The third-order valence-corrected chi connectivity index (χ3v) is 7.69. The Kier molecular flexibility index (Phi) is 8.57. The van der Waals surface area contributed by atoms with E-state index in [4.69, 9.17) is 16.2 Å². The Morgan fingerprint density at radius 1 is 1.26 bits per heavy atom. The molecule has 190 valence electrons. The predicted molar refractivity (Wildman–Crippen MR) is 134 cm³/mol. The second-order valence-electron chi connectivity index (χ2n) is 8.90. The van der Waals surface area contributed by atoms with Crippen LogP contribution in [0.1, 0.15) is 39.2 Å². The Hall–Kier alpha value is -3.32. The van der Waals surface area contributed by atoms with Crippen LogP contribution < -0.4 is 25.5 Å². The maximum absolute atomic E-state index is 13.0. The lowest BCUT2D eigenvalue weighted by Gasteiger charge is -2.27. The molecule has 1 fully saturated rings. The molecule has 1 aliphatic heterocycles. The second kappa shape index (κ2) is 11.4. The molecule has 12 nitrogen and oxygen atoms in total. The molecule has 0 spiro atoms. The Morgan fingerprint density at radius 2 is 2.06 bits per heavy atom. The average Bonchev–Trinajstić information content (AvgIpc) is 3.12. The minimum atomic E-state index is -3.59. The number of ether oxygens (including phenoxy) is 1. The predicted octanol–water partition coefficient (Wildman–Crippen LogP) is 1.82. The number of nitrogens with two attached hydrogens (primary N) is 2. The van der Waals surface area contributed by atoms with E-state index >= 15 is 0 Å². The van der Waals surface area contributed by atoms with Gasteiger partial charge in [-0.15, -0.1) is 5.10 Å². The first-order valence-corrected chi connectivity index (χ1v) is 12.9. The summed E-state index contributed by atoms with van der Waals surface area (Å²) in [5, 5.41) is 11.2. The van der Waals surface area contributed by atoms with Gasteiger partial charge in [0.2, 0.25) is 0 Å². The SMILES string of the molecule is CCN=NN=C(N)c1ccc(OCCC(C)(C)CCN2CCN(c3ccnc(N)c3)S2(=O)=O)[nH+]c1. The second-order valence-corrected chi connectivity index (χ2v) is 10.8. The number of H-pyrrole nitrogens is 1. The molecule has 0 saturated carbocycles. The van der Waals surface area contributed by atoms with Gasteiger partial charge in [0.05, 0.1) is 30.5 Å². The number of nitrogens with one attached hydrogen (secondary N) is 1. The zero-order chi connectivity index (χ0) is 25.5. The summed E-state index contributed by atoms with van der Waals surface area (Å²) in [6.07, 6.45) is 4.66. The van der Waals surface area contributed by atoms with Crippen LogP contribution in [0.25, 0.3) is 0 Å². The highest BCUT2D eigenvalue weighted by Crippen LogP contribution is 2.30. The molecule has 1 saturated heterocycles. The first-order chi connectivity index (χ1) is 16.6. The zero-order valence-corrected chi connectivity index (χ0v) is 21.2. The van der Waals surface area contributed by atoms with E-state index < -0.39 is 10.2 Å². The molecule has 2 aromatic rings. The lowest BCUT2D eigenvalue weighted by atomic mass is 9.86. The largest absolute Gasteiger partial charge is 0.444 e. The molecular weight excluding hydrogens is 470 g/mol. The van der Waals surface area contributed by atoms with Crippen LogP contribution in [0.3, 0.4) is 0 Å². The van der Waals surface area contributed by atoms with E-state index in [0.717, 1.165) is 6.42 Å². The third kappa shape index (κ3) is 7.09. The molecule has 0 atom stereocenters. The highest BCUT2D eigenvalue weighted by Gasteiger charge is 2.37. The van der Waals surface area contributed by atoms with E-state index in [2.05, 4.69) is 39.3 Å². The maximum Gasteiger partial charge on any atom is 0.366 e. The van der Waals surface area contributed by atoms with Gasteiger partial charge in [-0.25, -0.2) is 4.98 Å². The minimum absolute atomic E-state index is 0.120. The Bertz CT molecular complexity index is 1150. The van der Waals surface area contributed by atoms with Crippen LogP contribution in [0, 0.1) is 5.41 Å². The smallest absolute Gasteiger partial charge is 0.366 e. The summed E-state index contributed by atoms with van der Waals surface area (Å²) in [7, 11) is -3.59. The van der Waals surface area contributed by atoms with Crippen molar-refractivity contribution in [2.45, 2.75) is 33.6 Å². The highest BCUT2D eigenvalue weighted by molar-refractivity contribution is 7.90. The number of nitrogen functional groups attached to an aromatic ring is 1. The van der Waals surface area contributed by atoms with Gasteiger partial charge in [-0.2, -0.15) is 22.8 Å². The van der Waals surface area contributed by atoms with Crippen molar-refractivity contribution in [1.82, 2.24) is 9.29 Å². The van der Waals surface area contributed by atoms with E-state index in [1.807, 2.05) is 6.92 Å². The normalized spacial score (nSPS) is 16.8. The lowest BCUT2D eigenvalue weighted by Crippen LogP contribution is -2.35. The standard InChI is InChI=1S/C22H33N9O3S/c1-4-27-29-28-21(24)17-5-6-20(26-16-17)34-14-9-22(2,3)8-11-30-12-13-31(35(30,32)33)18-7-10-25-19(23)15-18/h5-7,10,15-16H,4,8-9,11-14H2,1-3H3,(H2,23,25)(H2,24,27,28)/p+1. The molecule has 0 unspecified atom stereocenters. The molecule has 3 heterocycles. The van der Waals surface area contributed by atoms with Crippen LogP contribution in [0.15, 0.2) is 52.1 Å². The van der Waals surface area contributed by atoms with E-state index in [-0.39, 0.29) is 11.3 Å². The fraction of sp³-hybridized carbons (Fsp3) is 0.500. The van der Waals surface area contributed by atoms with Gasteiger partial charge in [-0.3, -0.25) is 4.31 Å². The van der Waals surface area contributed by atoms with Crippen LogP contribution in [0.5, 0.6) is 5.88 Å². The Morgan fingerprint density at radius 3 is 2.74 bits per heavy atom. The number of rotatable bonds is 11. The van der Waals surface area contributed by atoms with Crippen molar-refractivity contribution in [2.24, 2.45) is 26.6 Å². The molecule has 0 radical (unpaired) electrons. The number of nitrogens with zero attached hydrogens (tertiary/aromatic N) is 6. The number of hydrogen-bond donors (Lipinski definition) is 2. The van der Waals surface area contributed by atoms with E-state index in [9.17, 15) is 8.42 Å². The fourth-order valence-electron chi connectivity index (χ4n) is 3.50. The number of amidine groups is 1. The van der Waals surface area contributed by atoms with Crippen molar-refractivity contribution in [3.8, 4) is 5.88 Å². The molecule has 13 heteroatoms. The van der Waals surface area contributed by atoms with Crippen LogP contribution in [0.2, 0.25) is 0 Å². The summed E-state index contributed by atoms with van der Waals surface area (Å²) in [5.41, 5.74) is 12.7. The van der Waals surface area contributed by atoms with Gasteiger partial charge in [0, 0.05) is 31.9 Å². The quantitative estimate of drug-likeness (QED) is 0.205. The molecular formula is C22H34N9O3S+. The summed E-state index contributed by atoms with van der Waals surface area (Å²) < 4.78 is 34.7. The summed E-state index contributed by atoms with van der Waals surface area (Å²) in [4.78, 5) is 6.98. The number of pyridine rings is 2. The summed E-state index contributed by atoms with van der Waals surface area (Å²) in [6.45, 7) is 8.35. The lowest BCUT2D eigenvalue weighted by molar-refractivity contribution is -0.394. The van der Waals surface area contributed by atoms with Gasteiger partial charge in [0.15, 0.2) is 12.0 Å². The molecule has 1 aliphatic rings. The van der Waals surface area contributed by atoms with Crippen molar-refractivity contribution >= 4 is 27.6 Å². The van der Waals surface area contributed by atoms with Crippen molar-refractivity contribution in [2.75, 3.05) is 42.8 Å². The van der Waals surface area contributed by atoms with E-state index in [1.165, 1.54) is 14.8 Å². The molecule has 2 aromatic heterocycles. The van der Waals surface area contributed by atoms with Gasteiger partial charge < -0.3 is 16.2 Å². The van der Waals surface area contributed by atoms with Crippen LogP contribution in [-0.2, 0) is 10.2 Å². The Balaban J connectivity index is 1.48. The minimum Gasteiger partial charge on any atom is -0.444 e. The number of aromatic nitrogens is 2. The first-order valence-electron chi connectivity index (χ1n) is 11.5. The van der Waals surface area contributed by atoms with Crippen LogP contribution >= 0.6 is 0 Å². The van der Waals surface area contributed by atoms with Gasteiger partial charge in [-0.1, -0.05) is 13.8 Å². The van der Waals surface area contributed by atoms with Gasteiger partial charge in [0.25, 0.3) is 0 Å². The van der Waals surface area contributed by atoms with Crippen LogP contribution in [0.4, 0.5) is 11.5 Å². The van der Waals surface area contributed by atoms with Gasteiger partial charge in [-0.05, 0) is 42.5 Å².